The molecule has 0 amide bonds. The summed E-state index contributed by atoms with van der Waals surface area (Å²) in [6, 6.07) is 5.85. The highest BCUT2D eigenvalue weighted by molar-refractivity contribution is 5.28. The number of aromatic nitrogens is 1. The van der Waals surface area contributed by atoms with Gasteiger partial charge in [0.15, 0.2) is 0 Å². The van der Waals surface area contributed by atoms with Gasteiger partial charge in [-0.1, -0.05) is 6.07 Å². The van der Waals surface area contributed by atoms with E-state index < -0.39 is 0 Å². The van der Waals surface area contributed by atoms with Crippen LogP contribution in [0.5, 0.6) is 0 Å². The molecule has 0 radical (unpaired) electrons. The van der Waals surface area contributed by atoms with Crippen LogP contribution in [0.25, 0.3) is 0 Å². The molecular formula is C10H14N2O. The molecule has 1 heterocycles. The molecule has 1 saturated carbocycles. The predicted molar refractivity (Wildman–Crippen MR) is 50.2 cm³/mol. The van der Waals surface area contributed by atoms with Gasteiger partial charge >= 0.3 is 0 Å². The molecule has 2 atom stereocenters. The molecule has 0 spiro atoms. The quantitative estimate of drug-likeness (QED) is 0.699. The molecule has 1 aliphatic carbocycles. The van der Waals surface area contributed by atoms with Crippen molar-refractivity contribution >= 4 is 0 Å². The summed E-state index contributed by atoms with van der Waals surface area (Å²) in [6.07, 6.45) is 2.75. The average molecular weight is 178 g/mol. The van der Waals surface area contributed by atoms with E-state index in [1.165, 1.54) is 0 Å². The van der Waals surface area contributed by atoms with Crippen LogP contribution in [0.15, 0.2) is 24.4 Å². The minimum atomic E-state index is -0.0317. The number of hydrogen-bond donors (Lipinski definition) is 2. The fourth-order valence-corrected chi connectivity index (χ4v) is 1.95. The minimum Gasteiger partial charge on any atom is -0.396 e. The maximum Gasteiger partial charge on any atom is 0.0481 e. The van der Waals surface area contributed by atoms with Crippen LogP contribution in [-0.4, -0.2) is 23.2 Å². The van der Waals surface area contributed by atoms with Crippen molar-refractivity contribution in [1.29, 1.82) is 0 Å². The summed E-state index contributed by atoms with van der Waals surface area (Å²) in [7, 11) is 0. The molecule has 3 nitrogen and oxygen atoms in total. The number of aliphatic hydroxyl groups excluding tert-OH is 1. The van der Waals surface area contributed by atoms with E-state index in [4.69, 9.17) is 10.8 Å². The third-order valence-corrected chi connectivity index (χ3v) is 2.99. The summed E-state index contributed by atoms with van der Waals surface area (Å²) in [4.78, 5) is 4.29. The zero-order valence-electron chi connectivity index (χ0n) is 7.48. The fourth-order valence-electron chi connectivity index (χ4n) is 1.95. The van der Waals surface area contributed by atoms with E-state index in [1.807, 2.05) is 18.2 Å². The van der Waals surface area contributed by atoms with Gasteiger partial charge in [-0.2, -0.15) is 0 Å². The van der Waals surface area contributed by atoms with E-state index in [0.29, 0.717) is 12.5 Å². The molecule has 1 aromatic rings. The first kappa shape index (κ1) is 8.66. The Morgan fingerprint density at radius 3 is 2.92 bits per heavy atom. The van der Waals surface area contributed by atoms with Gasteiger partial charge < -0.3 is 10.8 Å². The summed E-state index contributed by atoms with van der Waals surface area (Å²) in [6.45, 7) is 0.795. The van der Waals surface area contributed by atoms with Gasteiger partial charge in [0.2, 0.25) is 0 Å². The lowest BCUT2D eigenvalue weighted by Crippen LogP contribution is -2.24. The summed E-state index contributed by atoms with van der Waals surface area (Å²) in [5.41, 5.74) is 6.71. The second-order valence-corrected chi connectivity index (χ2v) is 3.66. The van der Waals surface area contributed by atoms with E-state index in [-0.39, 0.29) is 12.0 Å². The van der Waals surface area contributed by atoms with Crippen LogP contribution < -0.4 is 5.73 Å². The zero-order chi connectivity index (χ0) is 9.31. The molecule has 3 heteroatoms. The highest BCUT2D eigenvalue weighted by Gasteiger charge is 2.54. The maximum atomic E-state index is 9.05. The van der Waals surface area contributed by atoms with Gasteiger partial charge in [0.1, 0.15) is 0 Å². The molecule has 3 N–H and O–H groups in total. The molecule has 2 unspecified atom stereocenters. The maximum absolute atomic E-state index is 9.05. The summed E-state index contributed by atoms with van der Waals surface area (Å²) >= 11 is 0. The van der Waals surface area contributed by atoms with Crippen molar-refractivity contribution in [2.75, 3.05) is 13.2 Å². The van der Waals surface area contributed by atoms with Crippen molar-refractivity contribution in [2.45, 2.75) is 11.8 Å². The zero-order valence-corrected chi connectivity index (χ0v) is 7.48. The normalized spacial score (nSPS) is 31.7. The van der Waals surface area contributed by atoms with Crippen molar-refractivity contribution in [3.05, 3.63) is 30.1 Å². The number of pyridine rings is 1. The van der Waals surface area contributed by atoms with Gasteiger partial charge in [0.05, 0.1) is 0 Å². The van der Waals surface area contributed by atoms with E-state index in [1.54, 1.807) is 6.20 Å². The Bertz CT molecular complexity index is 288. The SMILES string of the molecule is NCC1(c2ccccn2)CC1CO. The molecule has 1 aromatic heterocycles. The van der Waals surface area contributed by atoms with Crippen molar-refractivity contribution in [2.24, 2.45) is 11.7 Å². The Kier molecular flexibility index (Phi) is 2.06. The molecular weight excluding hydrogens is 164 g/mol. The van der Waals surface area contributed by atoms with Crippen LogP contribution in [0.1, 0.15) is 12.1 Å². The first-order valence-electron chi connectivity index (χ1n) is 4.56. The topological polar surface area (TPSA) is 59.1 Å². The average Bonchev–Trinajstić information content (AvgIpc) is 2.94. The minimum absolute atomic E-state index is 0.0317. The monoisotopic (exact) mass is 178 g/mol. The first-order chi connectivity index (χ1) is 6.33. The Morgan fingerprint density at radius 2 is 2.46 bits per heavy atom. The fraction of sp³-hybridized carbons (Fsp3) is 0.500. The molecule has 1 fully saturated rings. The van der Waals surface area contributed by atoms with Crippen LogP contribution in [-0.2, 0) is 5.41 Å². The molecule has 0 aromatic carbocycles. The highest BCUT2D eigenvalue weighted by atomic mass is 16.3. The third kappa shape index (κ3) is 1.24. The van der Waals surface area contributed by atoms with Crippen LogP contribution in [0.4, 0.5) is 0 Å². The smallest absolute Gasteiger partial charge is 0.0481 e. The van der Waals surface area contributed by atoms with Crippen molar-refractivity contribution in [3.8, 4) is 0 Å². The predicted octanol–water partition coefficient (Wildman–Crippen LogP) is 0.290. The van der Waals surface area contributed by atoms with Gasteiger partial charge in [-0.3, -0.25) is 4.98 Å². The summed E-state index contributed by atoms with van der Waals surface area (Å²) in [5.74, 6) is 0.312. The number of hydrogen-bond acceptors (Lipinski definition) is 3. The summed E-state index contributed by atoms with van der Waals surface area (Å²) in [5, 5.41) is 9.05. The first-order valence-corrected chi connectivity index (χ1v) is 4.56. The molecule has 13 heavy (non-hydrogen) atoms. The van der Waals surface area contributed by atoms with Crippen molar-refractivity contribution < 1.29 is 5.11 Å². The van der Waals surface area contributed by atoms with Gasteiger partial charge in [0.25, 0.3) is 0 Å². The van der Waals surface area contributed by atoms with E-state index in [9.17, 15) is 0 Å². The Morgan fingerprint density at radius 1 is 1.62 bits per heavy atom. The molecule has 2 rings (SSSR count). The molecule has 70 valence electrons. The second kappa shape index (κ2) is 3.09. The number of aliphatic hydroxyl groups is 1. The molecule has 1 aliphatic rings. The molecule has 0 saturated heterocycles. The number of nitrogens with zero attached hydrogens (tertiary/aromatic N) is 1. The number of rotatable bonds is 3. The van der Waals surface area contributed by atoms with E-state index in [2.05, 4.69) is 4.98 Å². The van der Waals surface area contributed by atoms with Gasteiger partial charge in [0, 0.05) is 30.5 Å². The lowest BCUT2D eigenvalue weighted by atomic mass is 9.99. The van der Waals surface area contributed by atoms with E-state index >= 15 is 0 Å². The van der Waals surface area contributed by atoms with Gasteiger partial charge in [-0.05, 0) is 24.5 Å². The summed E-state index contributed by atoms with van der Waals surface area (Å²) < 4.78 is 0. The largest absolute Gasteiger partial charge is 0.396 e. The third-order valence-electron chi connectivity index (χ3n) is 2.99. The number of nitrogens with two attached hydrogens (primary N) is 1. The van der Waals surface area contributed by atoms with Crippen LogP contribution in [0.3, 0.4) is 0 Å². The second-order valence-electron chi connectivity index (χ2n) is 3.66. The van der Waals surface area contributed by atoms with Crippen LogP contribution >= 0.6 is 0 Å². The van der Waals surface area contributed by atoms with Gasteiger partial charge in [-0.15, -0.1) is 0 Å². The van der Waals surface area contributed by atoms with E-state index in [0.717, 1.165) is 12.1 Å². The van der Waals surface area contributed by atoms with Crippen LogP contribution in [0.2, 0.25) is 0 Å². The van der Waals surface area contributed by atoms with Crippen molar-refractivity contribution in [1.82, 2.24) is 4.98 Å². The lowest BCUT2D eigenvalue weighted by Gasteiger charge is -2.12. The van der Waals surface area contributed by atoms with Gasteiger partial charge in [-0.25, -0.2) is 0 Å². The Hall–Kier alpha value is -0.930. The highest BCUT2D eigenvalue weighted by Crippen LogP contribution is 2.52. The molecule has 0 bridgehead atoms. The van der Waals surface area contributed by atoms with Crippen LogP contribution in [0, 0.1) is 5.92 Å². The van der Waals surface area contributed by atoms with Crippen molar-refractivity contribution in [3.63, 3.8) is 0 Å². The Balaban J connectivity index is 2.25. The Labute approximate surface area is 77.6 Å². The lowest BCUT2D eigenvalue weighted by molar-refractivity contribution is 0.263. The molecule has 0 aliphatic heterocycles. The standard InChI is InChI=1S/C10H14N2O/c11-7-10(5-8(10)6-13)9-3-1-2-4-12-9/h1-4,8,13H,5-7,11H2.